The minimum atomic E-state index is -0.409. The van der Waals surface area contributed by atoms with Crippen molar-refractivity contribution in [3.63, 3.8) is 0 Å². The number of amides is 2. The number of nitrogens with one attached hydrogen (secondary N) is 2. The summed E-state index contributed by atoms with van der Waals surface area (Å²) in [6, 6.07) is 18.5. The molecule has 0 saturated heterocycles. The molecule has 2 amide bonds. The number of rotatable bonds is 7. The molecule has 29 heavy (non-hydrogen) atoms. The summed E-state index contributed by atoms with van der Waals surface area (Å²) in [5.41, 5.74) is 3.23. The zero-order valence-corrected chi connectivity index (χ0v) is 16.4. The van der Waals surface area contributed by atoms with Gasteiger partial charge in [-0.05, 0) is 48.7 Å². The van der Waals surface area contributed by atoms with Crippen LogP contribution >= 0.6 is 0 Å². The third-order valence-corrected chi connectivity index (χ3v) is 4.40. The number of pyridine rings is 1. The molecule has 3 rings (SSSR count). The van der Waals surface area contributed by atoms with Gasteiger partial charge >= 0.3 is 0 Å². The van der Waals surface area contributed by atoms with Gasteiger partial charge in [0.05, 0.1) is 12.8 Å². The second-order valence-corrected chi connectivity index (χ2v) is 6.58. The second kappa shape index (κ2) is 9.50. The average Bonchev–Trinajstić information content (AvgIpc) is 2.74. The number of hydrogen-bond acceptors (Lipinski definition) is 4. The van der Waals surface area contributed by atoms with E-state index in [-0.39, 0.29) is 11.6 Å². The molecule has 0 unspecified atom stereocenters. The summed E-state index contributed by atoms with van der Waals surface area (Å²) in [7, 11) is 1.54. The minimum Gasteiger partial charge on any atom is -0.495 e. The SMILES string of the molecule is COc1ccc(C)cc1NC(=O)c1cc(C(=O)NCCc2ccccc2)ccn1. The Balaban J connectivity index is 1.64. The third kappa shape index (κ3) is 5.42. The Morgan fingerprint density at radius 2 is 1.79 bits per heavy atom. The highest BCUT2D eigenvalue weighted by atomic mass is 16.5. The number of hydrogen-bond donors (Lipinski definition) is 2. The first-order valence-corrected chi connectivity index (χ1v) is 9.31. The maximum Gasteiger partial charge on any atom is 0.274 e. The fourth-order valence-electron chi connectivity index (χ4n) is 2.87. The van der Waals surface area contributed by atoms with Gasteiger partial charge in [-0.3, -0.25) is 14.6 Å². The summed E-state index contributed by atoms with van der Waals surface area (Å²) >= 11 is 0. The molecule has 0 radical (unpaired) electrons. The monoisotopic (exact) mass is 389 g/mol. The molecular weight excluding hydrogens is 366 g/mol. The van der Waals surface area contributed by atoms with Crippen LogP contribution in [-0.4, -0.2) is 30.5 Å². The van der Waals surface area contributed by atoms with Crippen LogP contribution < -0.4 is 15.4 Å². The lowest BCUT2D eigenvalue weighted by Crippen LogP contribution is -2.26. The van der Waals surface area contributed by atoms with E-state index >= 15 is 0 Å². The Morgan fingerprint density at radius 3 is 2.55 bits per heavy atom. The van der Waals surface area contributed by atoms with Gasteiger partial charge in [-0.25, -0.2) is 0 Å². The van der Waals surface area contributed by atoms with E-state index in [1.807, 2.05) is 49.4 Å². The Morgan fingerprint density at radius 1 is 1.00 bits per heavy atom. The van der Waals surface area contributed by atoms with Gasteiger partial charge in [0.1, 0.15) is 11.4 Å². The lowest BCUT2D eigenvalue weighted by atomic mass is 10.1. The molecule has 1 aromatic heterocycles. The predicted molar refractivity (Wildman–Crippen MR) is 112 cm³/mol. The Kier molecular flexibility index (Phi) is 6.58. The van der Waals surface area contributed by atoms with Crippen molar-refractivity contribution in [2.75, 3.05) is 19.0 Å². The van der Waals surface area contributed by atoms with Crippen molar-refractivity contribution in [3.8, 4) is 5.75 Å². The summed E-state index contributed by atoms with van der Waals surface area (Å²) in [5.74, 6) is -0.0999. The highest BCUT2D eigenvalue weighted by molar-refractivity contribution is 6.05. The molecule has 6 nitrogen and oxygen atoms in total. The van der Waals surface area contributed by atoms with Gasteiger partial charge in [0.15, 0.2) is 0 Å². The van der Waals surface area contributed by atoms with Gasteiger partial charge in [-0.1, -0.05) is 36.4 Å². The van der Waals surface area contributed by atoms with E-state index in [1.54, 1.807) is 19.2 Å². The molecule has 6 heteroatoms. The summed E-state index contributed by atoms with van der Waals surface area (Å²) in [6.07, 6.45) is 2.19. The molecule has 0 atom stereocenters. The first-order valence-electron chi connectivity index (χ1n) is 9.31. The Hall–Kier alpha value is -3.67. The van der Waals surface area contributed by atoms with Crippen LogP contribution in [0.15, 0.2) is 66.9 Å². The molecule has 2 aromatic carbocycles. The number of benzene rings is 2. The van der Waals surface area contributed by atoms with Gasteiger partial charge in [0, 0.05) is 18.3 Å². The van der Waals surface area contributed by atoms with Crippen molar-refractivity contribution in [2.45, 2.75) is 13.3 Å². The van der Waals surface area contributed by atoms with E-state index in [0.717, 1.165) is 17.5 Å². The highest BCUT2D eigenvalue weighted by Crippen LogP contribution is 2.25. The summed E-state index contributed by atoms with van der Waals surface area (Å²) in [6.45, 7) is 2.43. The van der Waals surface area contributed by atoms with Crippen molar-refractivity contribution in [2.24, 2.45) is 0 Å². The van der Waals surface area contributed by atoms with Gasteiger partial charge in [-0.15, -0.1) is 0 Å². The molecule has 0 bridgehead atoms. The molecular formula is C23H23N3O3. The van der Waals surface area contributed by atoms with Crippen molar-refractivity contribution in [3.05, 3.63) is 89.2 Å². The van der Waals surface area contributed by atoms with E-state index < -0.39 is 5.91 Å². The van der Waals surface area contributed by atoms with Crippen molar-refractivity contribution in [1.29, 1.82) is 0 Å². The number of anilines is 1. The first-order chi connectivity index (χ1) is 14.1. The third-order valence-electron chi connectivity index (χ3n) is 4.40. The fraction of sp³-hybridized carbons (Fsp3) is 0.174. The van der Waals surface area contributed by atoms with Crippen molar-refractivity contribution in [1.82, 2.24) is 10.3 Å². The van der Waals surface area contributed by atoms with Crippen LogP contribution in [0.1, 0.15) is 32.0 Å². The Labute approximate surface area is 169 Å². The van der Waals surface area contributed by atoms with Crippen LogP contribution in [0.25, 0.3) is 0 Å². The number of aromatic nitrogens is 1. The van der Waals surface area contributed by atoms with Crippen LogP contribution in [0.3, 0.4) is 0 Å². The first kappa shape index (κ1) is 20.1. The van der Waals surface area contributed by atoms with Crippen molar-refractivity contribution < 1.29 is 14.3 Å². The van der Waals surface area contributed by atoms with Crippen molar-refractivity contribution >= 4 is 17.5 Å². The summed E-state index contributed by atoms with van der Waals surface area (Å²) in [5, 5.41) is 5.66. The number of nitrogens with zero attached hydrogens (tertiary/aromatic N) is 1. The maximum atomic E-state index is 12.6. The van der Waals surface area contributed by atoms with Gasteiger partial charge in [0.25, 0.3) is 11.8 Å². The molecule has 0 aliphatic heterocycles. The average molecular weight is 389 g/mol. The van der Waals surface area contributed by atoms with Gasteiger partial charge in [0.2, 0.25) is 0 Å². The minimum absolute atomic E-state index is 0.157. The normalized spacial score (nSPS) is 10.3. The lowest BCUT2D eigenvalue weighted by Gasteiger charge is -2.11. The summed E-state index contributed by atoms with van der Waals surface area (Å²) < 4.78 is 5.28. The standard InChI is InChI=1S/C23H23N3O3/c1-16-8-9-21(29-2)19(14-16)26-23(28)20-15-18(11-13-24-20)22(27)25-12-10-17-6-4-3-5-7-17/h3-9,11,13-15H,10,12H2,1-2H3,(H,25,27)(H,26,28). The fourth-order valence-corrected chi connectivity index (χ4v) is 2.87. The lowest BCUT2D eigenvalue weighted by molar-refractivity contribution is 0.0954. The zero-order chi connectivity index (χ0) is 20.6. The summed E-state index contributed by atoms with van der Waals surface area (Å²) in [4.78, 5) is 29.1. The Bertz CT molecular complexity index is 1000. The molecule has 0 aliphatic carbocycles. The number of ether oxygens (including phenoxy) is 1. The second-order valence-electron chi connectivity index (χ2n) is 6.58. The van der Waals surface area contributed by atoms with Crippen LogP contribution in [-0.2, 0) is 6.42 Å². The number of methoxy groups -OCH3 is 1. The van der Waals surface area contributed by atoms with Crippen LogP contribution in [0.5, 0.6) is 5.75 Å². The molecule has 0 saturated carbocycles. The van der Waals surface area contributed by atoms with Crippen LogP contribution in [0.4, 0.5) is 5.69 Å². The van der Waals surface area contributed by atoms with Gasteiger partial charge in [-0.2, -0.15) is 0 Å². The maximum absolute atomic E-state index is 12.6. The van der Waals surface area contributed by atoms with E-state index in [1.165, 1.54) is 12.3 Å². The van der Waals surface area contributed by atoms with Crippen LogP contribution in [0.2, 0.25) is 0 Å². The molecule has 0 spiro atoms. The molecule has 0 fully saturated rings. The van der Waals surface area contributed by atoms with Crippen LogP contribution in [0, 0.1) is 6.92 Å². The molecule has 2 N–H and O–H groups in total. The predicted octanol–water partition coefficient (Wildman–Crippen LogP) is 3.62. The largest absolute Gasteiger partial charge is 0.495 e. The molecule has 3 aromatic rings. The number of aryl methyl sites for hydroxylation is 1. The van der Waals surface area contributed by atoms with E-state index in [4.69, 9.17) is 4.74 Å². The zero-order valence-electron chi connectivity index (χ0n) is 16.4. The highest BCUT2D eigenvalue weighted by Gasteiger charge is 2.14. The van der Waals surface area contributed by atoms with Gasteiger partial charge < -0.3 is 15.4 Å². The number of carbonyl (C=O) groups is 2. The molecule has 148 valence electrons. The molecule has 1 heterocycles. The quantitative estimate of drug-likeness (QED) is 0.647. The molecule has 0 aliphatic rings. The van der Waals surface area contributed by atoms with E-state index in [0.29, 0.717) is 23.5 Å². The smallest absolute Gasteiger partial charge is 0.274 e. The number of carbonyl (C=O) groups excluding carboxylic acids is 2. The van der Waals surface area contributed by atoms with E-state index in [9.17, 15) is 9.59 Å². The topological polar surface area (TPSA) is 80.3 Å². The van der Waals surface area contributed by atoms with E-state index in [2.05, 4.69) is 15.6 Å².